The highest BCUT2D eigenvalue weighted by Gasteiger charge is 2.44. The number of amides is 2. The van der Waals surface area contributed by atoms with Crippen LogP contribution in [0.25, 0.3) is 0 Å². The maximum absolute atomic E-state index is 13.2. The van der Waals surface area contributed by atoms with Crippen molar-refractivity contribution in [3.63, 3.8) is 0 Å². The minimum atomic E-state index is 0.0578. The maximum Gasteiger partial charge on any atom is 0.323 e. The Morgan fingerprint density at radius 1 is 1.07 bits per heavy atom. The number of nitrogens with zero attached hydrogens (tertiary/aromatic N) is 3. The number of urea groups is 1. The molecular formula is C22H28N4O. The monoisotopic (exact) mass is 364 g/mol. The van der Waals surface area contributed by atoms with Crippen LogP contribution in [0.4, 0.5) is 10.6 Å². The molecule has 5 heteroatoms. The van der Waals surface area contributed by atoms with Gasteiger partial charge in [0, 0.05) is 18.7 Å². The third-order valence-electron chi connectivity index (χ3n) is 6.68. The van der Waals surface area contributed by atoms with Crippen LogP contribution < -0.4 is 5.32 Å². The zero-order valence-electron chi connectivity index (χ0n) is 16.0. The van der Waals surface area contributed by atoms with Crippen molar-refractivity contribution < 1.29 is 4.79 Å². The van der Waals surface area contributed by atoms with Gasteiger partial charge in [0.15, 0.2) is 0 Å². The molecule has 142 valence electrons. The van der Waals surface area contributed by atoms with Gasteiger partial charge in [0.1, 0.15) is 5.82 Å². The normalized spacial score (nSPS) is 29.0. The van der Waals surface area contributed by atoms with Crippen LogP contribution in [-0.2, 0) is 6.54 Å². The first-order chi connectivity index (χ1) is 13.1. The molecule has 2 aliphatic heterocycles. The van der Waals surface area contributed by atoms with Crippen molar-refractivity contribution in [3.05, 3.63) is 47.7 Å². The molecule has 4 atom stereocenters. The van der Waals surface area contributed by atoms with Crippen LogP contribution in [0.3, 0.4) is 0 Å². The van der Waals surface area contributed by atoms with Gasteiger partial charge < -0.3 is 4.90 Å². The molecule has 2 aliphatic carbocycles. The van der Waals surface area contributed by atoms with E-state index >= 15 is 0 Å². The lowest BCUT2D eigenvalue weighted by Gasteiger charge is -2.38. The Labute approximate surface area is 160 Å². The van der Waals surface area contributed by atoms with Crippen LogP contribution in [0.2, 0.25) is 0 Å². The average molecular weight is 364 g/mol. The van der Waals surface area contributed by atoms with Crippen LogP contribution in [-0.4, -0.2) is 33.3 Å². The van der Waals surface area contributed by atoms with Crippen molar-refractivity contribution in [1.29, 1.82) is 0 Å². The number of rotatable bonds is 3. The van der Waals surface area contributed by atoms with E-state index in [0.29, 0.717) is 18.5 Å². The van der Waals surface area contributed by atoms with Gasteiger partial charge in [0.2, 0.25) is 0 Å². The van der Waals surface area contributed by atoms with Gasteiger partial charge in [0.25, 0.3) is 0 Å². The van der Waals surface area contributed by atoms with Crippen LogP contribution in [0, 0.1) is 24.7 Å². The van der Waals surface area contributed by atoms with Gasteiger partial charge >= 0.3 is 6.03 Å². The fraction of sp³-hybridized carbons (Fsp3) is 0.545. The molecule has 2 unspecified atom stereocenters. The summed E-state index contributed by atoms with van der Waals surface area (Å²) >= 11 is 0. The summed E-state index contributed by atoms with van der Waals surface area (Å²) in [6.45, 7) is 3.57. The average Bonchev–Trinajstić information content (AvgIpc) is 2.85. The standard InChI is InChI=1S/C22H28N4O/c1-15-7-21(26(24-15)14-16-5-3-2-4-6-16)23-22(27)25-13-19-9-17-8-18(10-19)12-20(25)11-17/h2-7,17-20H,8-14H2,1H3,(H,23,27)/t17-,18+,19?,20?. The number of aromatic nitrogens is 2. The topological polar surface area (TPSA) is 50.2 Å². The van der Waals surface area contributed by atoms with Crippen molar-refractivity contribution in [2.75, 3.05) is 11.9 Å². The maximum atomic E-state index is 13.2. The van der Waals surface area contributed by atoms with E-state index in [2.05, 4.69) is 27.4 Å². The molecule has 6 rings (SSSR count). The van der Waals surface area contributed by atoms with Crippen LogP contribution >= 0.6 is 0 Å². The number of benzene rings is 1. The summed E-state index contributed by atoms with van der Waals surface area (Å²) in [4.78, 5) is 15.3. The Kier molecular flexibility index (Phi) is 4.18. The molecule has 2 saturated carbocycles. The molecule has 5 nitrogen and oxygen atoms in total. The molecule has 1 N–H and O–H groups in total. The van der Waals surface area contributed by atoms with Crippen molar-refractivity contribution >= 4 is 11.8 Å². The first-order valence-corrected chi connectivity index (χ1v) is 10.3. The molecule has 0 radical (unpaired) electrons. The van der Waals surface area contributed by atoms with Crippen molar-refractivity contribution in [2.24, 2.45) is 17.8 Å². The molecule has 4 bridgehead atoms. The molecule has 2 amide bonds. The van der Waals surface area contributed by atoms with Crippen LogP contribution in [0.1, 0.15) is 43.4 Å². The first-order valence-electron chi connectivity index (χ1n) is 10.3. The van der Waals surface area contributed by atoms with Crippen molar-refractivity contribution in [1.82, 2.24) is 14.7 Å². The highest BCUT2D eigenvalue weighted by molar-refractivity contribution is 5.88. The van der Waals surface area contributed by atoms with Crippen molar-refractivity contribution in [2.45, 2.75) is 51.6 Å². The highest BCUT2D eigenvalue weighted by Crippen LogP contribution is 2.47. The second-order valence-corrected chi connectivity index (χ2v) is 8.83. The van der Waals surface area contributed by atoms with Crippen molar-refractivity contribution in [3.8, 4) is 0 Å². The van der Waals surface area contributed by atoms with Gasteiger partial charge in [-0.25, -0.2) is 9.48 Å². The summed E-state index contributed by atoms with van der Waals surface area (Å²) in [7, 11) is 0. The predicted molar refractivity (Wildman–Crippen MR) is 106 cm³/mol. The Hall–Kier alpha value is -2.30. The zero-order valence-corrected chi connectivity index (χ0v) is 16.0. The lowest BCUT2D eigenvalue weighted by Crippen LogP contribution is -2.44. The molecule has 2 aromatic rings. The van der Waals surface area contributed by atoms with Gasteiger partial charge in [-0.2, -0.15) is 5.10 Å². The summed E-state index contributed by atoms with van der Waals surface area (Å²) in [5, 5.41) is 7.77. The number of aryl methyl sites for hydroxylation is 1. The largest absolute Gasteiger partial charge is 0.323 e. The fourth-order valence-electron chi connectivity index (χ4n) is 5.74. The number of nitrogens with one attached hydrogen (secondary N) is 1. The third-order valence-corrected chi connectivity index (χ3v) is 6.68. The van der Waals surface area contributed by atoms with Gasteiger partial charge in [-0.3, -0.25) is 5.32 Å². The Bertz CT molecular complexity index is 816. The molecule has 1 aromatic heterocycles. The van der Waals surface area contributed by atoms with Crippen LogP contribution in [0.15, 0.2) is 36.4 Å². The van der Waals surface area contributed by atoms with E-state index in [1.165, 1.54) is 37.7 Å². The first kappa shape index (κ1) is 16.8. The van der Waals surface area contributed by atoms with E-state index in [9.17, 15) is 4.79 Å². The molecule has 4 fully saturated rings. The minimum Gasteiger partial charge on any atom is -0.321 e. The lowest BCUT2D eigenvalue weighted by molar-refractivity contribution is 0.136. The second-order valence-electron chi connectivity index (χ2n) is 8.83. The molecular weight excluding hydrogens is 336 g/mol. The number of carbonyl (C=O) groups excluding carboxylic acids is 1. The van der Waals surface area contributed by atoms with E-state index in [1.54, 1.807) is 0 Å². The highest BCUT2D eigenvalue weighted by atomic mass is 16.2. The summed E-state index contributed by atoms with van der Waals surface area (Å²) in [6, 6.07) is 12.7. The van der Waals surface area contributed by atoms with E-state index in [1.807, 2.05) is 35.9 Å². The van der Waals surface area contributed by atoms with E-state index in [4.69, 9.17) is 0 Å². The lowest BCUT2D eigenvalue weighted by atomic mass is 9.68. The summed E-state index contributed by atoms with van der Waals surface area (Å²) in [5.41, 5.74) is 2.11. The second kappa shape index (κ2) is 6.70. The van der Waals surface area contributed by atoms with Crippen LogP contribution in [0.5, 0.6) is 0 Å². The number of hydrogen-bond acceptors (Lipinski definition) is 2. The van der Waals surface area contributed by atoms with Gasteiger partial charge in [0.05, 0.1) is 12.2 Å². The quantitative estimate of drug-likeness (QED) is 0.884. The Balaban J connectivity index is 1.34. The SMILES string of the molecule is Cc1cc(NC(=O)N2CC3C[C@@H]4CC2C[C@H](C3)C4)n(Cc2ccccc2)n1. The molecule has 0 spiro atoms. The number of anilines is 1. The fourth-order valence-corrected chi connectivity index (χ4v) is 5.74. The Morgan fingerprint density at radius 2 is 1.78 bits per heavy atom. The molecule has 27 heavy (non-hydrogen) atoms. The van der Waals surface area contributed by atoms with E-state index < -0.39 is 0 Å². The van der Waals surface area contributed by atoms with Gasteiger partial charge in [-0.15, -0.1) is 0 Å². The number of fused-ring (bicyclic) bond motifs is 1. The molecule has 3 heterocycles. The molecule has 4 aliphatic rings. The zero-order chi connectivity index (χ0) is 18.4. The Morgan fingerprint density at radius 3 is 2.52 bits per heavy atom. The van der Waals surface area contributed by atoms with E-state index in [0.717, 1.165) is 29.9 Å². The molecule has 2 saturated heterocycles. The smallest absolute Gasteiger partial charge is 0.321 e. The van der Waals surface area contributed by atoms with E-state index in [-0.39, 0.29) is 6.03 Å². The van der Waals surface area contributed by atoms with Gasteiger partial charge in [-0.05, 0) is 62.3 Å². The predicted octanol–water partition coefficient (Wildman–Crippen LogP) is 4.28. The van der Waals surface area contributed by atoms with Gasteiger partial charge in [-0.1, -0.05) is 30.3 Å². The number of carbonyl (C=O) groups is 1. The summed E-state index contributed by atoms with van der Waals surface area (Å²) < 4.78 is 1.91. The molecule has 1 aromatic carbocycles. The summed E-state index contributed by atoms with van der Waals surface area (Å²) in [5.74, 6) is 3.18. The number of hydrogen-bond donors (Lipinski definition) is 1. The third kappa shape index (κ3) is 3.35. The minimum absolute atomic E-state index is 0.0578. The summed E-state index contributed by atoms with van der Waals surface area (Å²) in [6.07, 6.45) is 6.43.